The zero-order chi connectivity index (χ0) is 13.2. The van der Waals surface area contributed by atoms with Crippen LogP contribution in [0.1, 0.15) is 17.7 Å². The molecule has 2 fully saturated rings. The molecule has 1 aromatic rings. The van der Waals surface area contributed by atoms with Gasteiger partial charge in [0.05, 0.1) is 6.61 Å². The summed E-state index contributed by atoms with van der Waals surface area (Å²) in [5, 5.41) is 2.12. The third-order valence-corrected chi connectivity index (χ3v) is 5.07. The van der Waals surface area contributed by atoms with Crippen molar-refractivity contribution >= 4 is 17.2 Å². The highest BCUT2D eigenvalue weighted by atomic mass is 32.1. The molecule has 2 atom stereocenters. The lowest BCUT2D eigenvalue weighted by Crippen LogP contribution is -2.38. The number of fused-ring (bicyclic) bond motifs is 1. The molecule has 0 unspecified atom stereocenters. The van der Waals surface area contributed by atoms with Gasteiger partial charge >= 0.3 is 0 Å². The minimum atomic E-state index is 0.294. The lowest BCUT2D eigenvalue weighted by atomic mass is 10.1. The quantitative estimate of drug-likeness (QED) is 0.821. The van der Waals surface area contributed by atoms with Gasteiger partial charge in [0.1, 0.15) is 0 Å². The molecule has 0 spiro atoms. The summed E-state index contributed by atoms with van der Waals surface area (Å²) in [6, 6.07) is 5.09. The van der Waals surface area contributed by atoms with Crippen molar-refractivity contribution in [2.24, 2.45) is 0 Å². The van der Waals surface area contributed by atoms with E-state index in [4.69, 9.17) is 4.74 Å². The summed E-state index contributed by atoms with van der Waals surface area (Å²) in [6.07, 6.45) is 1.78. The zero-order valence-electron chi connectivity index (χ0n) is 11.2. The van der Waals surface area contributed by atoms with E-state index in [0.29, 0.717) is 31.0 Å². The predicted octanol–water partition coefficient (Wildman–Crippen LogP) is 1.57. The molecule has 0 saturated carbocycles. The SMILES string of the molecule is COCCN1C(=O)C[C@H]2[C@@H]1CCN2Cc1cccs1. The Bertz CT molecular complexity index is 435. The van der Waals surface area contributed by atoms with Gasteiger partial charge in [0.15, 0.2) is 0 Å². The first-order valence-corrected chi connectivity index (χ1v) is 7.72. The van der Waals surface area contributed by atoms with Crippen LogP contribution in [0.2, 0.25) is 0 Å². The van der Waals surface area contributed by atoms with E-state index < -0.39 is 0 Å². The normalized spacial score (nSPS) is 27.2. The summed E-state index contributed by atoms with van der Waals surface area (Å²) >= 11 is 1.80. The van der Waals surface area contributed by atoms with Gasteiger partial charge in [-0.25, -0.2) is 0 Å². The van der Waals surface area contributed by atoms with E-state index in [1.54, 1.807) is 18.4 Å². The maximum atomic E-state index is 12.1. The molecule has 0 aliphatic carbocycles. The van der Waals surface area contributed by atoms with E-state index in [0.717, 1.165) is 26.1 Å². The van der Waals surface area contributed by atoms with Crippen molar-refractivity contribution in [2.45, 2.75) is 31.5 Å². The van der Waals surface area contributed by atoms with Crippen LogP contribution in [0.3, 0.4) is 0 Å². The first-order chi connectivity index (χ1) is 9.29. The fourth-order valence-corrected chi connectivity index (χ4v) is 4.02. The van der Waals surface area contributed by atoms with Gasteiger partial charge in [0, 0.05) is 50.1 Å². The maximum Gasteiger partial charge on any atom is 0.224 e. The van der Waals surface area contributed by atoms with E-state index in [1.807, 2.05) is 4.90 Å². The van der Waals surface area contributed by atoms with Crippen molar-refractivity contribution in [3.05, 3.63) is 22.4 Å². The summed E-state index contributed by atoms with van der Waals surface area (Å²) in [4.78, 5) is 18.0. The molecule has 3 heterocycles. The highest BCUT2D eigenvalue weighted by Crippen LogP contribution is 2.33. The molecule has 2 aliphatic rings. The molecule has 0 aromatic carbocycles. The molecular formula is C14H20N2O2S. The molecule has 3 rings (SSSR count). The Morgan fingerprint density at radius 3 is 3.11 bits per heavy atom. The first-order valence-electron chi connectivity index (χ1n) is 6.84. The lowest BCUT2D eigenvalue weighted by Gasteiger charge is -2.25. The lowest BCUT2D eigenvalue weighted by molar-refractivity contribution is -0.129. The largest absolute Gasteiger partial charge is 0.383 e. The fraction of sp³-hybridized carbons (Fsp3) is 0.643. The third-order valence-electron chi connectivity index (χ3n) is 4.21. The van der Waals surface area contributed by atoms with Crippen LogP contribution in [-0.4, -0.2) is 54.6 Å². The van der Waals surface area contributed by atoms with Crippen LogP contribution in [0.15, 0.2) is 17.5 Å². The van der Waals surface area contributed by atoms with E-state index >= 15 is 0 Å². The van der Waals surface area contributed by atoms with Crippen molar-refractivity contribution in [2.75, 3.05) is 26.8 Å². The van der Waals surface area contributed by atoms with Crippen LogP contribution in [0.4, 0.5) is 0 Å². The number of amides is 1. The second-order valence-corrected chi connectivity index (χ2v) is 6.29. The second-order valence-electron chi connectivity index (χ2n) is 5.26. The van der Waals surface area contributed by atoms with Gasteiger partial charge in [-0.15, -0.1) is 11.3 Å². The Morgan fingerprint density at radius 2 is 2.37 bits per heavy atom. The smallest absolute Gasteiger partial charge is 0.224 e. The number of carbonyl (C=O) groups excluding carboxylic acids is 1. The van der Waals surface area contributed by atoms with E-state index in [-0.39, 0.29) is 0 Å². The molecule has 0 bridgehead atoms. The number of likely N-dealkylation sites (tertiary alicyclic amines) is 2. The number of thiophene rings is 1. The topological polar surface area (TPSA) is 32.8 Å². The van der Waals surface area contributed by atoms with E-state index in [2.05, 4.69) is 22.4 Å². The molecule has 19 heavy (non-hydrogen) atoms. The van der Waals surface area contributed by atoms with E-state index in [1.165, 1.54) is 4.88 Å². The highest BCUT2D eigenvalue weighted by Gasteiger charge is 2.46. The van der Waals surface area contributed by atoms with Gasteiger partial charge in [-0.1, -0.05) is 6.07 Å². The van der Waals surface area contributed by atoms with Crippen molar-refractivity contribution in [1.82, 2.24) is 9.80 Å². The minimum absolute atomic E-state index is 0.294. The molecular weight excluding hydrogens is 260 g/mol. The fourth-order valence-electron chi connectivity index (χ4n) is 3.29. The summed E-state index contributed by atoms with van der Waals surface area (Å²) in [5.41, 5.74) is 0. The van der Waals surface area contributed by atoms with Crippen LogP contribution in [0, 0.1) is 0 Å². The molecule has 4 nitrogen and oxygen atoms in total. The zero-order valence-corrected chi connectivity index (χ0v) is 12.1. The third kappa shape index (κ3) is 2.55. The van der Waals surface area contributed by atoms with Gasteiger partial charge in [0.25, 0.3) is 0 Å². The first kappa shape index (κ1) is 13.1. The Balaban J connectivity index is 1.65. The molecule has 2 aliphatic heterocycles. The number of hydrogen-bond acceptors (Lipinski definition) is 4. The second kappa shape index (κ2) is 5.61. The van der Waals surface area contributed by atoms with Gasteiger partial charge in [0.2, 0.25) is 5.91 Å². The molecule has 1 aromatic heterocycles. The minimum Gasteiger partial charge on any atom is -0.383 e. The van der Waals surface area contributed by atoms with Crippen molar-refractivity contribution in [3.8, 4) is 0 Å². The Morgan fingerprint density at radius 1 is 1.47 bits per heavy atom. The number of rotatable bonds is 5. The number of hydrogen-bond donors (Lipinski definition) is 0. The average Bonchev–Trinajstić information content (AvgIpc) is 3.08. The monoisotopic (exact) mass is 280 g/mol. The van der Waals surface area contributed by atoms with Crippen molar-refractivity contribution in [3.63, 3.8) is 0 Å². The molecule has 0 radical (unpaired) electrons. The Labute approximate surface area is 118 Å². The van der Waals surface area contributed by atoms with Gasteiger partial charge in [-0.05, 0) is 17.9 Å². The van der Waals surface area contributed by atoms with Crippen molar-refractivity contribution < 1.29 is 9.53 Å². The van der Waals surface area contributed by atoms with Crippen LogP contribution in [-0.2, 0) is 16.1 Å². The predicted molar refractivity (Wildman–Crippen MR) is 75.1 cm³/mol. The molecule has 2 saturated heterocycles. The highest BCUT2D eigenvalue weighted by molar-refractivity contribution is 7.09. The molecule has 1 amide bonds. The van der Waals surface area contributed by atoms with Gasteiger partial charge < -0.3 is 9.64 Å². The summed E-state index contributed by atoms with van der Waals surface area (Å²) in [7, 11) is 1.69. The van der Waals surface area contributed by atoms with Crippen LogP contribution in [0.25, 0.3) is 0 Å². The van der Waals surface area contributed by atoms with Gasteiger partial charge in [-0.2, -0.15) is 0 Å². The summed E-state index contributed by atoms with van der Waals surface area (Å²) in [6.45, 7) is 3.47. The van der Waals surface area contributed by atoms with E-state index in [9.17, 15) is 4.79 Å². The van der Waals surface area contributed by atoms with Crippen LogP contribution >= 0.6 is 11.3 Å². The Hall–Kier alpha value is -0.910. The molecule has 5 heteroatoms. The number of nitrogens with zero attached hydrogens (tertiary/aromatic N) is 2. The summed E-state index contributed by atoms with van der Waals surface area (Å²) in [5.74, 6) is 0.294. The number of ether oxygens (including phenoxy) is 1. The molecule has 104 valence electrons. The van der Waals surface area contributed by atoms with Crippen molar-refractivity contribution in [1.29, 1.82) is 0 Å². The number of methoxy groups -OCH3 is 1. The maximum absolute atomic E-state index is 12.1. The number of carbonyl (C=O) groups is 1. The van der Waals surface area contributed by atoms with Gasteiger partial charge in [-0.3, -0.25) is 9.69 Å². The summed E-state index contributed by atoms with van der Waals surface area (Å²) < 4.78 is 5.11. The average molecular weight is 280 g/mol. The van der Waals surface area contributed by atoms with Crippen LogP contribution in [0.5, 0.6) is 0 Å². The standard InChI is InChI=1S/C14H20N2O2S/c1-18-7-6-16-12-4-5-15(13(12)9-14(16)17)10-11-3-2-8-19-11/h2-3,8,12-13H,4-7,9-10H2,1H3/t12-,13-/m0/s1. The molecule has 0 N–H and O–H groups in total. The Kier molecular flexibility index (Phi) is 3.86. The van der Waals surface area contributed by atoms with Crippen LogP contribution < -0.4 is 0 Å².